The maximum Gasteiger partial charge on any atom is 0.0352 e. The van der Waals surface area contributed by atoms with Crippen molar-refractivity contribution in [2.75, 3.05) is 32.7 Å². The molecule has 3 heterocycles. The van der Waals surface area contributed by atoms with Gasteiger partial charge in [0.05, 0.1) is 0 Å². The van der Waals surface area contributed by atoms with Crippen LogP contribution in [-0.4, -0.2) is 59.6 Å². The Bertz CT molecular complexity index is 539. The zero-order chi connectivity index (χ0) is 18.3. The number of rotatable bonds is 7. The molecule has 0 radical (unpaired) electrons. The molecule has 1 aromatic heterocycles. The fourth-order valence-electron chi connectivity index (χ4n) is 5.33. The van der Waals surface area contributed by atoms with Crippen LogP contribution in [0.5, 0.6) is 0 Å². The first-order valence-electron chi connectivity index (χ1n) is 11.2. The zero-order valence-corrected chi connectivity index (χ0v) is 16.8. The number of nitrogens with one attached hydrogen (secondary N) is 2. The predicted octanol–water partition coefficient (Wildman–Crippen LogP) is 2.79. The van der Waals surface area contributed by atoms with Gasteiger partial charge in [0.1, 0.15) is 0 Å². The molecule has 3 fully saturated rings. The molecule has 1 aromatic rings. The highest BCUT2D eigenvalue weighted by Gasteiger charge is 2.28. The van der Waals surface area contributed by atoms with Crippen LogP contribution in [-0.2, 0) is 6.54 Å². The van der Waals surface area contributed by atoms with Gasteiger partial charge in [-0.3, -0.25) is 20.7 Å². The molecule has 27 heavy (non-hydrogen) atoms. The molecular weight excluding hydrogens is 334 g/mol. The number of hydrogen-bond donors (Lipinski definition) is 2. The van der Waals surface area contributed by atoms with Gasteiger partial charge in [-0.15, -0.1) is 0 Å². The number of aromatic nitrogens is 1. The fraction of sp³-hybridized carbons (Fsp3) is 0.773. The first-order valence-corrected chi connectivity index (χ1v) is 11.2. The van der Waals surface area contributed by atoms with Gasteiger partial charge in [0.25, 0.3) is 0 Å². The molecule has 3 aliphatic rings. The van der Waals surface area contributed by atoms with Crippen molar-refractivity contribution in [3.8, 4) is 0 Å². The second kappa shape index (κ2) is 9.97. The Kier molecular flexibility index (Phi) is 7.13. The summed E-state index contributed by atoms with van der Waals surface area (Å²) in [6.07, 6.45) is 15.1. The molecule has 0 aromatic carbocycles. The van der Waals surface area contributed by atoms with Gasteiger partial charge in [-0.25, -0.2) is 0 Å². The highest BCUT2D eigenvalue weighted by atomic mass is 15.4. The predicted molar refractivity (Wildman–Crippen MR) is 110 cm³/mol. The lowest BCUT2D eigenvalue weighted by Crippen LogP contribution is -2.48. The Morgan fingerprint density at radius 2 is 2.00 bits per heavy atom. The first kappa shape index (κ1) is 19.3. The van der Waals surface area contributed by atoms with Crippen molar-refractivity contribution in [3.63, 3.8) is 0 Å². The summed E-state index contributed by atoms with van der Waals surface area (Å²) in [5.41, 5.74) is 8.09. The van der Waals surface area contributed by atoms with Crippen LogP contribution < -0.4 is 10.9 Å². The molecule has 0 amide bonds. The summed E-state index contributed by atoms with van der Waals surface area (Å²) < 4.78 is 0. The molecule has 150 valence electrons. The quantitative estimate of drug-likeness (QED) is 0.772. The van der Waals surface area contributed by atoms with Crippen LogP contribution in [0.2, 0.25) is 0 Å². The van der Waals surface area contributed by atoms with Gasteiger partial charge >= 0.3 is 0 Å². The van der Waals surface area contributed by atoms with Crippen molar-refractivity contribution in [1.82, 2.24) is 25.6 Å². The Morgan fingerprint density at radius 3 is 2.78 bits per heavy atom. The number of pyridine rings is 1. The monoisotopic (exact) mass is 371 g/mol. The van der Waals surface area contributed by atoms with Gasteiger partial charge in [-0.2, -0.15) is 0 Å². The summed E-state index contributed by atoms with van der Waals surface area (Å²) in [4.78, 5) is 9.84. The van der Waals surface area contributed by atoms with Gasteiger partial charge < -0.3 is 4.90 Å². The van der Waals surface area contributed by atoms with E-state index in [0.29, 0.717) is 6.04 Å². The molecule has 2 atom stereocenters. The van der Waals surface area contributed by atoms with Crippen LogP contribution >= 0.6 is 0 Å². The van der Waals surface area contributed by atoms with E-state index in [1.54, 1.807) is 0 Å². The molecule has 2 aliphatic heterocycles. The molecule has 5 nitrogen and oxygen atoms in total. The van der Waals surface area contributed by atoms with Gasteiger partial charge in [-0.1, -0.05) is 25.3 Å². The lowest BCUT2D eigenvalue weighted by Gasteiger charge is -2.41. The second-order valence-corrected chi connectivity index (χ2v) is 8.91. The summed E-state index contributed by atoms with van der Waals surface area (Å²) in [6.45, 7) is 7.09. The van der Waals surface area contributed by atoms with E-state index in [4.69, 9.17) is 0 Å². The normalized spacial score (nSPS) is 28.0. The SMILES string of the molecule is c1cncc(CN(CC2CCCN(C3CCCCC3)C2)CC2CCNN2)c1. The molecular formula is C22H37N5. The third kappa shape index (κ3) is 5.74. The van der Waals surface area contributed by atoms with E-state index in [9.17, 15) is 0 Å². The van der Waals surface area contributed by atoms with E-state index in [2.05, 4.69) is 37.8 Å². The standard InChI is InChI=1S/C22H37N5/c1-2-8-22(9-3-1)27-13-5-7-20(17-27)16-26(18-21-10-12-24-25-21)15-19-6-4-11-23-14-19/h4,6,11,14,20-22,24-25H,1-3,5,7-10,12-13,15-18H2. The van der Waals surface area contributed by atoms with Crippen molar-refractivity contribution < 1.29 is 0 Å². The summed E-state index contributed by atoms with van der Waals surface area (Å²) in [5.74, 6) is 0.812. The third-order valence-electron chi connectivity index (χ3n) is 6.69. The Balaban J connectivity index is 1.35. The van der Waals surface area contributed by atoms with E-state index in [-0.39, 0.29) is 0 Å². The van der Waals surface area contributed by atoms with Crippen LogP contribution in [0.1, 0.15) is 56.9 Å². The fourth-order valence-corrected chi connectivity index (χ4v) is 5.33. The van der Waals surface area contributed by atoms with Crippen molar-refractivity contribution in [1.29, 1.82) is 0 Å². The summed E-state index contributed by atoms with van der Waals surface area (Å²) in [6, 6.07) is 5.72. The maximum atomic E-state index is 4.33. The van der Waals surface area contributed by atoms with Crippen LogP contribution in [0, 0.1) is 5.92 Å². The average Bonchev–Trinajstić information content (AvgIpc) is 3.23. The molecule has 4 rings (SSSR count). The van der Waals surface area contributed by atoms with Gasteiger partial charge in [0.2, 0.25) is 0 Å². The molecule has 2 N–H and O–H groups in total. The van der Waals surface area contributed by atoms with Gasteiger partial charge in [-0.05, 0) is 56.2 Å². The molecule has 0 bridgehead atoms. The Morgan fingerprint density at radius 1 is 1.07 bits per heavy atom. The van der Waals surface area contributed by atoms with E-state index in [1.165, 1.54) is 76.6 Å². The van der Waals surface area contributed by atoms with Crippen molar-refractivity contribution in [2.45, 2.75) is 70.0 Å². The molecule has 0 spiro atoms. The molecule has 2 unspecified atom stereocenters. The van der Waals surface area contributed by atoms with E-state index in [0.717, 1.165) is 31.6 Å². The van der Waals surface area contributed by atoms with E-state index < -0.39 is 0 Å². The van der Waals surface area contributed by atoms with Crippen LogP contribution in [0.3, 0.4) is 0 Å². The number of nitrogens with zero attached hydrogens (tertiary/aromatic N) is 3. The highest BCUT2D eigenvalue weighted by molar-refractivity contribution is 5.08. The minimum absolute atomic E-state index is 0.569. The summed E-state index contributed by atoms with van der Waals surface area (Å²) >= 11 is 0. The third-order valence-corrected chi connectivity index (χ3v) is 6.69. The number of hydrogen-bond acceptors (Lipinski definition) is 5. The number of likely N-dealkylation sites (tertiary alicyclic amines) is 1. The highest BCUT2D eigenvalue weighted by Crippen LogP contribution is 2.27. The second-order valence-electron chi connectivity index (χ2n) is 8.91. The molecule has 1 saturated carbocycles. The number of piperidine rings is 1. The molecule has 5 heteroatoms. The van der Waals surface area contributed by atoms with E-state index in [1.807, 2.05) is 12.4 Å². The topological polar surface area (TPSA) is 43.4 Å². The average molecular weight is 372 g/mol. The minimum atomic E-state index is 0.569. The van der Waals surface area contributed by atoms with Gasteiger partial charge in [0.15, 0.2) is 0 Å². The molecule has 2 saturated heterocycles. The van der Waals surface area contributed by atoms with E-state index >= 15 is 0 Å². The molecule has 1 aliphatic carbocycles. The van der Waals surface area contributed by atoms with Gasteiger partial charge in [0, 0.05) is 57.2 Å². The van der Waals surface area contributed by atoms with Crippen molar-refractivity contribution in [2.24, 2.45) is 5.92 Å². The summed E-state index contributed by atoms with van der Waals surface area (Å²) in [5, 5.41) is 0. The number of hydrazine groups is 1. The van der Waals surface area contributed by atoms with Crippen LogP contribution in [0.4, 0.5) is 0 Å². The zero-order valence-electron chi connectivity index (χ0n) is 16.8. The smallest absolute Gasteiger partial charge is 0.0352 e. The van der Waals surface area contributed by atoms with Crippen LogP contribution in [0.25, 0.3) is 0 Å². The Labute approximate surface area is 164 Å². The van der Waals surface area contributed by atoms with Crippen molar-refractivity contribution >= 4 is 0 Å². The lowest BCUT2D eigenvalue weighted by molar-refractivity contribution is 0.0768. The minimum Gasteiger partial charge on any atom is -0.300 e. The first-order chi connectivity index (χ1) is 13.4. The summed E-state index contributed by atoms with van der Waals surface area (Å²) in [7, 11) is 0. The Hall–Kier alpha value is -1.01. The van der Waals surface area contributed by atoms with Crippen LogP contribution in [0.15, 0.2) is 24.5 Å². The maximum absolute atomic E-state index is 4.33. The van der Waals surface area contributed by atoms with Crippen molar-refractivity contribution in [3.05, 3.63) is 30.1 Å². The largest absolute Gasteiger partial charge is 0.300 e. The lowest BCUT2D eigenvalue weighted by atomic mass is 9.90.